The molecular weight excluding hydrogens is 575 g/mol. The van der Waals surface area contributed by atoms with Gasteiger partial charge in [-0.25, -0.2) is 19.2 Å². The molecule has 0 unspecified atom stereocenters. The SMILES string of the molecule is CCN(C(=O)c1cc(F)ccc1Oc1cncnc1NCC1CCN(CC2CCC(NC(=O)OC(C)(C)C)CC2)CC1)C(C)C. The molecule has 0 atom stereocenters. The average Bonchev–Trinajstić information content (AvgIpc) is 2.98. The summed E-state index contributed by atoms with van der Waals surface area (Å²) in [6.45, 7) is 15.9. The van der Waals surface area contributed by atoms with Gasteiger partial charge in [-0.3, -0.25) is 4.79 Å². The van der Waals surface area contributed by atoms with Crippen LogP contribution in [-0.4, -0.2) is 82.2 Å². The monoisotopic (exact) mass is 626 g/mol. The number of rotatable bonds is 11. The summed E-state index contributed by atoms with van der Waals surface area (Å²) in [4.78, 5) is 38.1. The molecule has 1 saturated heterocycles. The summed E-state index contributed by atoms with van der Waals surface area (Å²) in [6, 6.07) is 4.15. The van der Waals surface area contributed by atoms with Gasteiger partial charge in [-0.1, -0.05) is 0 Å². The zero-order chi connectivity index (χ0) is 32.6. The minimum Gasteiger partial charge on any atom is -0.451 e. The Labute approximate surface area is 267 Å². The van der Waals surface area contributed by atoms with Crippen molar-refractivity contribution in [3.05, 3.63) is 42.1 Å². The third kappa shape index (κ3) is 10.3. The Morgan fingerprint density at radius 3 is 2.42 bits per heavy atom. The van der Waals surface area contributed by atoms with Gasteiger partial charge < -0.3 is 29.9 Å². The number of piperidine rings is 1. The number of nitrogens with one attached hydrogen (secondary N) is 2. The van der Waals surface area contributed by atoms with Crippen molar-refractivity contribution in [2.24, 2.45) is 11.8 Å². The van der Waals surface area contributed by atoms with E-state index >= 15 is 0 Å². The topological polar surface area (TPSA) is 109 Å². The van der Waals surface area contributed by atoms with Gasteiger partial charge in [0, 0.05) is 31.7 Å². The first-order valence-electron chi connectivity index (χ1n) is 16.5. The largest absolute Gasteiger partial charge is 0.451 e. The van der Waals surface area contributed by atoms with Crippen LogP contribution in [0.3, 0.4) is 0 Å². The number of nitrogens with zero attached hydrogens (tertiary/aromatic N) is 4. The van der Waals surface area contributed by atoms with Gasteiger partial charge >= 0.3 is 6.09 Å². The highest BCUT2D eigenvalue weighted by Crippen LogP contribution is 2.32. The number of anilines is 1. The van der Waals surface area contributed by atoms with Crippen LogP contribution in [0, 0.1) is 17.7 Å². The van der Waals surface area contributed by atoms with E-state index in [4.69, 9.17) is 9.47 Å². The quantitative estimate of drug-likeness (QED) is 0.292. The van der Waals surface area contributed by atoms with Crippen LogP contribution in [0.25, 0.3) is 0 Å². The Hall–Kier alpha value is -3.47. The van der Waals surface area contributed by atoms with E-state index in [-0.39, 0.29) is 35.4 Å². The predicted molar refractivity (Wildman–Crippen MR) is 173 cm³/mol. The van der Waals surface area contributed by atoms with Crippen LogP contribution >= 0.6 is 0 Å². The van der Waals surface area contributed by atoms with E-state index in [0.29, 0.717) is 29.9 Å². The molecule has 2 heterocycles. The second kappa shape index (κ2) is 15.7. The van der Waals surface area contributed by atoms with Crippen molar-refractivity contribution in [1.29, 1.82) is 0 Å². The molecule has 0 radical (unpaired) electrons. The van der Waals surface area contributed by atoms with Crippen molar-refractivity contribution in [2.75, 3.05) is 38.0 Å². The van der Waals surface area contributed by atoms with E-state index in [1.807, 2.05) is 41.5 Å². The lowest BCUT2D eigenvalue weighted by atomic mass is 9.85. The van der Waals surface area contributed by atoms with Crippen molar-refractivity contribution in [3.63, 3.8) is 0 Å². The molecule has 4 rings (SSSR count). The normalized spacial score (nSPS) is 19.6. The van der Waals surface area contributed by atoms with Gasteiger partial charge in [-0.15, -0.1) is 0 Å². The molecule has 1 aromatic carbocycles. The maximum absolute atomic E-state index is 14.2. The number of carbonyl (C=O) groups excluding carboxylic acids is 2. The molecule has 0 bridgehead atoms. The van der Waals surface area contributed by atoms with Gasteiger partial charge in [0.25, 0.3) is 5.91 Å². The van der Waals surface area contributed by atoms with Crippen LogP contribution in [0.5, 0.6) is 11.5 Å². The Morgan fingerprint density at radius 1 is 1.07 bits per heavy atom. The number of hydrogen-bond acceptors (Lipinski definition) is 8. The Balaban J connectivity index is 1.25. The minimum absolute atomic E-state index is 0.0366. The number of ether oxygens (including phenoxy) is 2. The summed E-state index contributed by atoms with van der Waals surface area (Å²) in [5.74, 6) is 1.56. The minimum atomic E-state index is -0.498. The molecule has 1 saturated carbocycles. The molecular formula is C34H51FN6O4. The Kier molecular flexibility index (Phi) is 12.0. The van der Waals surface area contributed by atoms with Crippen molar-refractivity contribution < 1.29 is 23.5 Å². The number of alkyl carbamates (subject to hydrolysis) is 1. The number of carbonyl (C=O) groups is 2. The molecule has 11 heteroatoms. The predicted octanol–water partition coefficient (Wildman–Crippen LogP) is 6.49. The number of likely N-dealkylation sites (tertiary alicyclic amines) is 1. The second-order valence-electron chi connectivity index (χ2n) is 13.7. The van der Waals surface area contributed by atoms with Gasteiger partial charge in [-0.2, -0.15) is 0 Å². The first-order valence-corrected chi connectivity index (χ1v) is 16.5. The van der Waals surface area contributed by atoms with E-state index < -0.39 is 11.4 Å². The molecule has 2 aliphatic rings. The van der Waals surface area contributed by atoms with Gasteiger partial charge in [0.05, 0.1) is 11.8 Å². The van der Waals surface area contributed by atoms with Gasteiger partial charge in [0.15, 0.2) is 11.6 Å². The lowest BCUT2D eigenvalue weighted by molar-refractivity contribution is 0.0481. The summed E-state index contributed by atoms with van der Waals surface area (Å²) in [7, 11) is 0. The summed E-state index contributed by atoms with van der Waals surface area (Å²) in [5, 5.41) is 6.48. The molecule has 2 N–H and O–H groups in total. The molecule has 10 nitrogen and oxygen atoms in total. The smallest absolute Gasteiger partial charge is 0.407 e. The third-order valence-electron chi connectivity index (χ3n) is 8.64. The molecule has 1 aromatic heterocycles. The first kappa shape index (κ1) is 34.4. The summed E-state index contributed by atoms with van der Waals surface area (Å²) < 4.78 is 25.8. The zero-order valence-electron chi connectivity index (χ0n) is 27.8. The van der Waals surface area contributed by atoms with Crippen molar-refractivity contribution in [1.82, 2.24) is 25.1 Å². The molecule has 2 amide bonds. The summed E-state index contributed by atoms with van der Waals surface area (Å²) in [6.07, 6.45) is 9.11. The third-order valence-corrected chi connectivity index (χ3v) is 8.64. The van der Waals surface area contributed by atoms with Crippen molar-refractivity contribution in [2.45, 2.75) is 97.8 Å². The lowest BCUT2D eigenvalue weighted by Gasteiger charge is -2.37. The fourth-order valence-electron chi connectivity index (χ4n) is 6.24. The number of aromatic nitrogens is 2. The number of benzene rings is 1. The maximum Gasteiger partial charge on any atom is 0.407 e. The van der Waals surface area contributed by atoms with Gasteiger partial charge in [-0.05, 0) is 123 Å². The highest BCUT2D eigenvalue weighted by Gasteiger charge is 2.28. The van der Waals surface area contributed by atoms with E-state index in [0.717, 1.165) is 64.7 Å². The number of hydrogen-bond donors (Lipinski definition) is 2. The van der Waals surface area contributed by atoms with Crippen LogP contribution in [0.4, 0.5) is 15.0 Å². The van der Waals surface area contributed by atoms with Crippen LogP contribution in [0.15, 0.2) is 30.7 Å². The van der Waals surface area contributed by atoms with E-state index in [1.54, 1.807) is 11.1 Å². The Morgan fingerprint density at radius 2 is 1.78 bits per heavy atom. The molecule has 1 aliphatic heterocycles. The molecule has 1 aliphatic carbocycles. The average molecular weight is 627 g/mol. The molecule has 248 valence electrons. The number of amides is 2. The molecule has 0 spiro atoms. The van der Waals surface area contributed by atoms with Crippen molar-refractivity contribution >= 4 is 17.8 Å². The molecule has 2 fully saturated rings. The summed E-state index contributed by atoms with van der Waals surface area (Å²) >= 11 is 0. The summed E-state index contributed by atoms with van der Waals surface area (Å²) in [5.41, 5.74) is -0.311. The van der Waals surface area contributed by atoms with Gasteiger partial charge in [0.1, 0.15) is 23.5 Å². The number of halogens is 1. The lowest BCUT2D eigenvalue weighted by Crippen LogP contribution is -2.43. The van der Waals surface area contributed by atoms with E-state index in [1.165, 1.54) is 24.5 Å². The van der Waals surface area contributed by atoms with E-state index in [2.05, 4.69) is 25.5 Å². The highest BCUT2D eigenvalue weighted by atomic mass is 19.1. The van der Waals surface area contributed by atoms with Crippen LogP contribution in [0.2, 0.25) is 0 Å². The van der Waals surface area contributed by atoms with Crippen LogP contribution < -0.4 is 15.4 Å². The fourth-order valence-corrected chi connectivity index (χ4v) is 6.24. The van der Waals surface area contributed by atoms with Crippen molar-refractivity contribution in [3.8, 4) is 11.5 Å². The Bertz CT molecular complexity index is 1270. The molecule has 2 aromatic rings. The van der Waals surface area contributed by atoms with Gasteiger partial charge in [0.2, 0.25) is 0 Å². The second-order valence-corrected chi connectivity index (χ2v) is 13.7. The standard InChI is InChI=1S/C34H51FN6O4/c1-7-41(23(2)3)32(42)28-18-26(35)10-13-29(28)44-30-20-36-22-38-31(30)37-19-24-14-16-40(17-15-24)21-25-8-11-27(12-9-25)39-33(43)45-34(4,5)6/h10,13,18,20,22-25,27H,7-9,11-12,14-17,19,21H2,1-6H3,(H,39,43)(H,36,37,38). The molecule has 45 heavy (non-hydrogen) atoms. The van der Waals surface area contributed by atoms with E-state index in [9.17, 15) is 14.0 Å². The fraction of sp³-hybridized carbons (Fsp3) is 0.647. The highest BCUT2D eigenvalue weighted by molar-refractivity contribution is 5.97. The zero-order valence-corrected chi connectivity index (χ0v) is 27.8. The van der Waals surface area contributed by atoms with Crippen LogP contribution in [-0.2, 0) is 4.74 Å². The maximum atomic E-state index is 14.2. The van der Waals surface area contributed by atoms with Crippen LogP contribution in [0.1, 0.15) is 90.4 Å². The first-order chi connectivity index (χ1) is 21.4.